The lowest BCUT2D eigenvalue weighted by Crippen LogP contribution is -2.29. The minimum atomic E-state index is -1.23. The summed E-state index contributed by atoms with van der Waals surface area (Å²) in [5, 5.41) is 3.37. The van der Waals surface area contributed by atoms with Crippen LogP contribution in [0.2, 0.25) is 0 Å². The number of carbonyl (C=O) groups is 3. The topological polar surface area (TPSA) is 51.2 Å². The number of rotatable bonds is 4. The van der Waals surface area contributed by atoms with E-state index in [2.05, 4.69) is 0 Å². The van der Waals surface area contributed by atoms with E-state index in [-0.39, 0.29) is 0 Å². The molecule has 0 N–H and O–H groups in total. The van der Waals surface area contributed by atoms with E-state index in [4.69, 9.17) is 0 Å². The summed E-state index contributed by atoms with van der Waals surface area (Å²) in [6, 6.07) is 17.1. The van der Waals surface area contributed by atoms with E-state index >= 15 is 0 Å². The molecule has 3 rings (SSSR count). The third-order valence-electron chi connectivity index (χ3n) is 4.09. The summed E-state index contributed by atoms with van der Waals surface area (Å²) in [5.41, 5.74) is 0.453. The molecule has 0 aliphatic carbocycles. The van der Waals surface area contributed by atoms with Crippen LogP contribution in [0.3, 0.4) is 0 Å². The molecule has 0 aromatic heterocycles. The third kappa shape index (κ3) is 2.55. The molecule has 0 bridgehead atoms. The van der Waals surface area contributed by atoms with E-state index in [1.165, 1.54) is 13.8 Å². The van der Waals surface area contributed by atoms with Gasteiger partial charge in [-0.3, -0.25) is 14.4 Å². The van der Waals surface area contributed by atoms with Gasteiger partial charge in [-0.1, -0.05) is 48.5 Å². The normalized spacial score (nSPS) is 11.1. The number of carbonyl (C=O) groups excluding carboxylic acids is 3. The van der Waals surface area contributed by atoms with Crippen molar-refractivity contribution >= 4 is 38.9 Å². The first-order valence-corrected chi connectivity index (χ1v) is 7.46. The van der Waals surface area contributed by atoms with Crippen molar-refractivity contribution in [2.24, 2.45) is 5.92 Å². The predicted molar refractivity (Wildman–Crippen MR) is 90.6 cm³/mol. The standard InChI is InChI=1S/C20H16O3/c1-12(21)18(13(2)22)20(23)19-16-9-5-3-7-14(16)11-15-8-4-6-10-17(15)19/h3-11,18H,1-2H3. The Morgan fingerprint density at radius 1 is 0.739 bits per heavy atom. The Labute approximate surface area is 133 Å². The van der Waals surface area contributed by atoms with E-state index in [1.54, 1.807) is 0 Å². The van der Waals surface area contributed by atoms with Crippen LogP contribution >= 0.6 is 0 Å². The average molecular weight is 304 g/mol. The number of Topliss-reactive ketones (excluding diaryl/α,β-unsaturated/α-hetero) is 3. The van der Waals surface area contributed by atoms with Gasteiger partial charge in [0.1, 0.15) is 17.5 Å². The van der Waals surface area contributed by atoms with Crippen LogP contribution in [0, 0.1) is 5.92 Å². The van der Waals surface area contributed by atoms with Gasteiger partial charge in [0, 0.05) is 5.56 Å². The Kier molecular flexibility index (Phi) is 3.78. The fourth-order valence-corrected chi connectivity index (χ4v) is 3.08. The lowest BCUT2D eigenvalue weighted by Gasteiger charge is -2.14. The van der Waals surface area contributed by atoms with Crippen LogP contribution in [0.1, 0.15) is 24.2 Å². The molecule has 0 aliphatic rings. The van der Waals surface area contributed by atoms with Crippen LogP contribution in [0.25, 0.3) is 21.5 Å². The van der Waals surface area contributed by atoms with E-state index in [9.17, 15) is 14.4 Å². The highest BCUT2D eigenvalue weighted by Crippen LogP contribution is 2.30. The number of hydrogen-bond donors (Lipinski definition) is 0. The third-order valence-corrected chi connectivity index (χ3v) is 4.09. The molecule has 23 heavy (non-hydrogen) atoms. The highest BCUT2D eigenvalue weighted by molar-refractivity contribution is 6.30. The monoisotopic (exact) mass is 304 g/mol. The van der Waals surface area contributed by atoms with Crippen LogP contribution in [0.5, 0.6) is 0 Å². The first kappa shape index (κ1) is 15.1. The molecule has 0 atom stereocenters. The summed E-state index contributed by atoms with van der Waals surface area (Å²) in [7, 11) is 0. The van der Waals surface area contributed by atoms with Crippen LogP contribution in [-0.2, 0) is 9.59 Å². The fourth-order valence-electron chi connectivity index (χ4n) is 3.08. The second kappa shape index (κ2) is 5.76. The van der Waals surface area contributed by atoms with Crippen molar-refractivity contribution in [3.05, 3.63) is 60.2 Å². The lowest BCUT2D eigenvalue weighted by molar-refractivity contribution is -0.128. The zero-order valence-electron chi connectivity index (χ0n) is 13.0. The second-order valence-electron chi connectivity index (χ2n) is 5.71. The van der Waals surface area contributed by atoms with Crippen molar-refractivity contribution in [2.45, 2.75) is 13.8 Å². The lowest BCUT2D eigenvalue weighted by atomic mass is 9.86. The maximum Gasteiger partial charge on any atom is 0.182 e. The average Bonchev–Trinajstić information content (AvgIpc) is 2.51. The molecule has 3 nitrogen and oxygen atoms in total. The van der Waals surface area contributed by atoms with E-state index in [0.717, 1.165) is 21.5 Å². The second-order valence-corrected chi connectivity index (χ2v) is 5.71. The predicted octanol–water partition coefficient (Wildman–Crippen LogP) is 3.97. The van der Waals surface area contributed by atoms with Gasteiger partial charge in [-0.25, -0.2) is 0 Å². The highest BCUT2D eigenvalue weighted by atomic mass is 16.2. The summed E-state index contributed by atoms with van der Waals surface area (Å²) >= 11 is 0. The van der Waals surface area contributed by atoms with E-state index in [0.29, 0.717) is 5.56 Å². The SMILES string of the molecule is CC(=O)C(C(C)=O)C(=O)c1c2ccccc2cc2ccccc12. The largest absolute Gasteiger partial charge is 0.299 e. The summed E-state index contributed by atoms with van der Waals surface area (Å²) < 4.78 is 0. The molecule has 0 unspecified atom stereocenters. The Morgan fingerprint density at radius 2 is 1.17 bits per heavy atom. The van der Waals surface area contributed by atoms with Gasteiger partial charge in [-0.05, 0) is 41.5 Å². The van der Waals surface area contributed by atoms with Crippen molar-refractivity contribution in [3.63, 3.8) is 0 Å². The molecule has 0 saturated heterocycles. The molecule has 0 spiro atoms. The van der Waals surface area contributed by atoms with E-state index < -0.39 is 23.3 Å². The zero-order valence-corrected chi connectivity index (χ0v) is 13.0. The Hall–Kier alpha value is -2.81. The van der Waals surface area contributed by atoms with Crippen molar-refractivity contribution in [1.82, 2.24) is 0 Å². The molecule has 0 heterocycles. The summed E-state index contributed by atoms with van der Waals surface area (Å²) in [4.78, 5) is 36.7. The van der Waals surface area contributed by atoms with Gasteiger partial charge < -0.3 is 0 Å². The van der Waals surface area contributed by atoms with Gasteiger partial charge in [0.2, 0.25) is 0 Å². The molecule has 3 aromatic carbocycles. The molecule has 114 valence electrons. The van der Waals surface area contributed by atoms with Crippen LogP contribution < -0.4 is 0 Å². The molecular formula is C20H16O3. The zero-order chi connectivity index (χ0) is 16.6. The van der Waals surface area contributed by atoms with Crippen LogP contribution in [-0.4, -0.2) is 17.3 Å². The smallest absolute Gasteiger partial charge is 0.182 e. The van der Waals surface area contributed by atoms with Gasteiger partial charge in [0.05, 0.1) is 0 Å². The molecular weight excluding hydrogens is 288 g/mol. The molecule has 3 heteroatoms. The number of benzene rings is 3. The maximum atomic E-state index is 13.0. The number of ketones is 3. The highest BCUT2D eigenvalue weighted by Gasteiger charge is 2.31. The van der Waals surface area contributed by atoms with E-state index in [1.807, 2.05) is 54.6 Å². The van der Waals surface area contributed by atoms with Crippen LogP contribution in [0.15, 0.2) is 54.6 Å². The minimum Gasteiger partial charge on any atom is -0.299 e. The van der Waals surface area contributed by atoms with Crippen molar-refractivity contribution < 1.29 is 14.4 Å². The first-order chi connectivity index (χ1) is 11.0. The van der Waals surface area contributed by atoms with Crippen LogP contribution in [0.4, 0.5) is 0 Å². The molecule has 0 radical (unpaired) electrons. The van der Waals surface area contributed by atoms with Gasteiger partial charge >= 0.3 is 0 Å². The minimum absolute atomic E-state index is 0.417. The molecule has 0 fully saturated rings. The fraction of sp³-hybridized carbons (Fsp3) is 0.150. The van der Waals surface area contributed by atoms with Crippen molar-refractivity contribution in [3.8, 4) is 0 Å². The first-order valence-electron chi connectivity index (χ1n) is 7.46. The molecule has 0 amide bonds. The van der Waals surface area contributed by atoms with Gasteiger partial charge in [0.25, 0.3) is 0 Å². The van der Waals surface area contributed by atoms with Gasteiger partial charge in [0.15, 0.2) is 5.78 Å². The van der Waals surface area contributed by atoms with Gasteiger partial charge in [-0.15, -0.1) is 0 Å². The Morgan fingerprint density at radius 3 is 1.61 bits per heavy atom. The summed E-state index contributed by atoms with van der Waals surface area (Å²) in [6.07, 6.45) is 0. The molecule has 0 saturated carbocycles. The van der Waals surface area contributed by atoms with Crippen molar-refractivity contribution in [2.75, 3.05) is 0 Å². The maximum absolute atomic E-state index is 13.0. The van der Waals surface area contributed by atoms with Crippen molar-refractivity contribution in [1.29, 1.82) is 0 Å². The number of fused-ring (bicyclic) bond motifs is 2. The van der Waals surface area contributed by atoms with Gasteiger partial charge in [-0.2, -0.15) is 0 Å². The summed E-state index contributed by atoms with van der Waals surface area (Å²) in [6.45, 7) is 2.58. The summed E-state index contributed by atoms with van der Waals surface area (Å²) in [5.74, 6) is -2.48. The Balaban J connectivity index is 2.39. The molecule has 0 aliphatic heterocycles. The Bertz CT molecular complexity index is 885. The number of hydrogen-bond acceptors (Lipinski definition) is 3. The quantitative estimate of drug-likeness (QED) is 0.416. The molecule has 3 aromatic rings.